The average Bonchev–Trinajstić information content (AvgIpc) is 2.68. The van der Waals surface area contributed by atoms with E-state index in [9.17, 15) is 0 Å². The Morgan fingerprint density at radius 2 is 1.74 bits per heavy atom. The van der Waals surface area contributed by atoms with E-state index in [4.69, 9.17) is 25.9 Å². The predicted molar refractivity (Wildman–Crippen MR) is 88.1 cm³/mol. The fraction of sp³-hybridized carbons (Fsp3) is 0.438. The SMILES string of the molecule is CC1(C)OC(c2ccc(N/N=C(\C#N)C(=N)N)cc2)OC1(C)C. The zero-order valence-electron chi connectivity index (χ0n) is 13.7. The van der Waals surface area contributed by atoms with Crippen molar-refractivity contribution in [3.8, 4) is 6.07 Å². The van der Waals surface area contributed by atoms with E-state index >= 15 is 0 Å². The first-order valence-electron chi connectivity index (χ1n) is 7.20. The first kappa shape index (κ1) is 16.9. The van der Waals surface area contributed by atoms with Crippen LogP contribution in [0.5, 0.6) is 0 Å². The van der Waals surface area contributed by atoms with E-state index in [2.05, 4.69) is 10.5 Å². The van der Waals surface area contributed by atoms with Gasteiger partial charge in [0, 0.05) is 5.56 Å². The molecule has 4 N–H and O–H groups in total. The van der Waals surface area contributed by atoms with Gasteiger partial charge in [-0.05, 0) is 39.8 Å². The third-order valence-corrected chi connectivity index (χ3v) is 4.09. The number of ether oxygens (including phenoxy) is 2. The summed E-state index contributed by atoms with van der Waals surface area (Å²) in [6.45, 7) is 8.01. The summed E-state index contributed by atoms with van der Waals surface area (Å²) in [6, 6.07) is 9.05. The fourth-order valence-corrected chi connectivity index (χ4v) is 1.96. The molecule has 1 aromatic carbocycles. The normalized spacial score (nSPS) is 20.0. The van der Waals surface area contributed by atoms with Gasteiger partial charge < -0.3 is 15.2 Å². The maximum absolute atomic E-state index is 8.79. The molecule has 1 heterocycles. The molecule has 0 amide bonds. The summed E-state index contributed by atoms with van der Waals surface area (Å²) in [6.07, 6.45) is -0.426. The van der Waals surface area contributed by atoms with Crippen LogP contribution in [0.25, 0.3) is 0 Å². The van der Waals surface area contributed by atoms with Crippen LogP contribution in [-0.2, 0) is 9.47 Å². The third kappa shape index (κ3) is 3.50. The Morgan fingerprint density at radius 1 is 1.22 bits per heavy atom. The molecular weight excluding hydrogens is 294 g/mol. The van der Waals surface area contributed by atoms with E-state index in [1.54, 1.807) is 18.2 Å². The Labute approximate surface area is 135 Å². The summed E-state index contributed by atoms with van der Waals surface area (Å²) < 4.78 is 12.0. The highest BCUT2D eigenvalue weighted by atomic mass is 16.7. The molecule has 1 aliphatic rings. The largest absolute Gasteiger partial charge is 0.382 e. The average molecular weight is 315 g/mol. The monoisotopic (exact) mass is 315 g/mol. The van der Waals surface area contributed by atoms with E-state index in [0.717, 1.165) is 5.56 Å². The molecule has 0 aromatic heterocycles. The van der Waals surface area contributed by atoms with Gasteiger partial charge in [0.15, 0.2) is 12.1 Å². The quantitative estimate of drug-likeness (QED) is 0.448. The van der Waals surface area contributed by atoms with Crippen molar-refractivity contribution in [1.29, 1.82) is 10.7 Å². The van der Waals surface area contributed by atoms with Gasteiger partial charge in [-0.2, -0.15) is 10.4 Å². The van der Waals surface area contributed by atoms with Crippen LogP contribution in [0.1, 0.15) is 39.5 Å². The number of nitrogens with zero attached hydrogens (tertiary/aromatic N) is 2. The van der Waals surface area contributed by atoms with Gasteiger partial charge in [-0.3, -0.25) is 10.8 Å². The molecule has 1 aromatic rings. The molecule has 1 fully saturated rings. The highest BCUT2D eigenvalue weighted by Gasteiger charge is 2.49. The van der Waals surface area contributed by atoms with Crippen molar-refractivity contribution in [1.82, 2.24) is 0 Å². The molecule has 7 heteroatoms. The number of hydrazone groups is 1. The highest BCUT2D eigenvalue weighted by Crippen LogP contribution is 2.44. The van der Waals surface area contributed by atoms with Crippen molar-refractivity contribution in [2.24, 2.45) is 10.8 Å². The second-order valence-electron chi connectivity index (χ2n) is 6.31. The molecular formula is C16H21N5O2. The zero-order valence-corrected chi connectivity index (χ0v) is 13.7. The third-order valence-electron chi connectivity index (χ3n) is 4.09. The molecule has 7 nitrogen and oxygen atoms in total. The van der Waals surface area contributed by atoms with Crippen molar-refractivity contribution in [2.45, 2.75) is 45.2 Å². The lowest BCUT2D eigenvalue weighted by Gasteiger charge is -2.30. The summed E-state index contributed by atoms with van der Waals surface area (Å²) in [4.78, 5) is 0. The first-order chi connectivity index (χ1) is 10.7. The lowest BCUT2D eigenvalue weighted by molar-refractivity contribution is -0.0895. The number of nitrogens with two attached hydrogens (primary N) is 1. The lowest BCUT2D eigenvalue weighted by Crippen LogP contribution is -2.41. The Balaban J connectivity index is 2.10. The molecule has 1 aliphatic heterocycles. The van der Waals surface area contributed by atoms with Gasteiger partial charge >= 0.3 is 0 Å². The van der Waals surface area contributed by atoms with Crippen LogP contribution in [-0.4, -0.2) is 22.7 Å². The van der Waals surface area contributed by atoms with Crippen LogP contribution in [0.4, 0.5) is 5.69 Å². The Bertz CT molecular complexity index is 655. The molecule has 0 radical (unpaired) electrons. The minimum Gasteiger partial charge on any atom is -0.382 e. The number of hydrogen-bond donors (Lipinski definition) is 3. The summed E-state index contributed by atoms with van der Waals surface area (Å²) in [5.41, 5.74) is 8.54. The Kier molecular flexibility index (Phi) is 4.41. The van der Waals surface area contributed by atoms with E-state index < -0.39 is 6.29 Å². The molecule has 0 atom stereocenters. The predicted octanol–water partition coefficient (Wildman–Crippen LogP) is 2.52. The smallest absolute Gasteiger partial charge is 0.201 e. The summed E-state index contributed by atoms with van der Waals surface area (Å²) in [7, 11) is 0. The molecule has 122 valence electrons. The van der Waals surface area contributed by atoms with Crippen molar-refractivity contribution in [3.63, 3.8) is 0 Å². The minimum atomic E-state index is -0.426. The van der Waals surface area contributed by atoms with Gasteiger partial charge in [-0.25, -0.2) is 0 Å². The summed E-state index contributed by atoms with van der Waals surface area (Å²) >= 11 is 0. The van der Waals surface area contributed by atoms with Crippen LogP contribution >= 0.6 is 0 Å². The number of hydrogen-bond acceptors (Lipinski definition) is 6. The number of benzene rings is 1. The number of anilines is 1. The lowest BCUT2D eigenvalue weighted by atomic mass is 9.90. The highest BCUT2D eigenvalue weighted by molar-refractivity contribution is 6.45. The van der Waals surface area contributed by atoms with Crippen molar-refractivity contribution < 1.29 is 9.47 Å². The minimum absolute atomic E-state index is 0.167. The Hall–Kier alpha value is -2.43. The number of amidine groups is 1. The van der Waals surface area contributed by atoms with Gasteiger partial charge in [-0.15, -0.1) is 0 Å². The number of rotatable bonds is 4. The van der Waals surface area contributed by atoms with Gasteiger partial charge in [-0.1, -0.05) is 12.1 Å². The van der Waals surface area contributed by atoms with Crippen LogP contribution in [0.15, 0.2) is 29.4 Å². The molecule has 1 saturated heterocycles. The fourth-order valence-electron chi connectivity index (χ4n) is 1.96. The molecule has 0 unspecified atom stereocenters. The maximum atomic E-state index is 8.79. The van der Waals surface area contributed by atoms with Crippen LogP contribution in [0, 0.1) is 16.7 Å². The van der Waals surface area contributed by atoms with Crippen molar-refractivity contribution in [3.05, 3.63) is 29.8 Å². The maximum Gasteiger partial charge on any atom is 0.201 e. The second kappa shape index (κ2) is 5.99. The molecule has 2 rings (SSSR count). The molecule has 23 heavy (non-hydrogen) atoms. The van der Waals surface area contributed by atoms with E-state index in [1.165, 1.54) is 0 Å². The molecule has 0 aliphatic carbocycles. The standard InChI is InChI=1S/C16H21N5O2/c1-15(2)16(3,4)23-14(22-15)10-5-7-11(8-6-10)20-21-12(9-17)13(18)19/h5-8,14,20H,1-4H3,(H3,18,19)/b21-12+. The first-order valence-corrected chi connectivity index (χ1v) is 7.20. The topological polar surface area (TPSA) is 117 Å². The van der Waals surface area contributed by atoms with Crippen molar-refractivity contribution >= 4 is 17.2 Å². The van der Waals surface area contributed by atoms with Crippen molar-refractivity contribution in [2.75, 3.05) is 5.43 Å². The van der Waals surface area contributed by atoms with E-state index in [1.807, 2.05) is 39.8 Å². The molecule has 0 saturated carbocycles. The van der Waals surface area contributed by atoms with Gasteiger partial charge in [0.1, 0.15) is 6.07 Å². The summed E-state index contributed by atoms with van der Waals surface area (Å²) in [5.74, 6) is -0.381. The Morgan fingerprint density at radius 3 is 2.17 bits per heavy atom. The number of nitriles is 1. The molecule has 0 bridgehead atoms. The van der Waals surface area contributed by atoms with Gasteiger partial charge in [0.25, 0.3) is 0 Å². The van der Waals surface area contributed by atoms with E-state index in [0.29, 0.717) is 5.69 Å². The zero-order chi connectivity index (χ0) is 17.3. The van der Waals surface area contributed by atoms with Gasteiger partial charge in [0.05, 0.1) is 16.9 Å². The molecule has 0 spiro atoms. The summed E-state index contributed by atoms with van der Waals surface area (Å²) in [5, 5.41) is 19.8. The number of nitrogens with one attached hydrogen (secondary N) is 2. The van der Waals surface area contributed by atoms with Crippen LogP contribution < -0.4 is 11.2 Å². The van der Waals surface area contributed by atoms with Gasteiger partial charge in [0.2, 0.25) is 5.71 Å². The van der Waals surface area contributed by atoms with E-state index in [-0.39, 0.29) is 22.7 Å². The van der Waals surface area contributed by atoms with Crippen LogP contribution in [0.3, 0.4) is 0 Å². The van der Waals surface area contributed by atoms with Crippen LogP contribution in [0.2, 0.25) is 0 Å². The second-order valence-corrected chi connectivity index (χ2v) is 6.31.